The quantitative estimate of drug-likeness (QED) is 0.0382. The second-order valence-electron chi connectivity index (χ2n) is 19.2. The fourth-order valence-electron chi connectivity index (χ4n) is 9.39. The first kappa shape index (κ1) is 56.6. The van der Waals surface area contributed by atoms with Crippen molar-refractivity contribution < 1.29 is 48.1 Å². The Morgan fingerprint density at radius 2 is 1.56 bits per heavy atom. The van der Waals surface area contributed by atoms with Crippen molar-refractivity contribution in [2.75, 3.05) is 51.5 Å². The summed E-state index contributed by atoms with van der Waals surface area (Å²) in [7, 11) is 3.01. The Labute approximate surface area is 457 Å². The van der Waals surface area contributed by atoms with Crippen LogP contribution < -0.4 is 32.0 Å². The highest BCUT2D eigenvalue weighted by atomic mass is 32.2. The van der Waals surface area contributed by atoms with Crippen molar-refractivity contribution in [2.45, 2.75) is 84.4 Å². The van der Waals surface area contributed by atoms with Gasteiger partial charge in [-0.05, 0) is 76.4 Å². The van der Waals surface area contributed by atoms with Crippen molar-refractivity contribution in [1.82, 2.24) is 53.4 Å². The number of carbonyl (C=O) groups is 7. The lowest BCUT2D eigenvalue weighted by molar-refractivity contribution is -0.139. The molecule has 5 aromatic heterocycles. The van der Waals surface area contributed by atoms with Crippen molar-refractivity contribution in [3.8, 4) is 23.0 Å². The summed E-state index contributed by atoms with van der Waals surface area (Å²) in [6.45, 7) is 10.3. The number of anilines is 1. The van der Waals surface area contributed by atoms with Crippen LogP contribution in [0.2, 0.25) is 0 Å². The van der Waals surface area contributed by atoms with Crippen LogP contribution in [0.25, 0.3) is 44.5 Å². The molecule has 25 nitrogen and oxygen atoms in total. The molecule has 1 saturated heterocycles. The van der Waals surface area contributed by atoms with Crippen LogP contribution in [0, 0.1) is 19.8 Å². The highest BCUT2D eigenvalue weighted by Crippen LogP contribution is 2.37. The molecule has 0 saturated carbocycles. The Balaban J connectivity index is 1.04. The molecule has 1 aliphatic rings. The molecule has 26 heteroatoms. The zero-order valence-electron chi connectivity index (χ0n) is 44.7. The standard InChI is InChI=1S/C53H63N15O10S/c1-7-67-39(17-29(3)61-67)49-57-24-36-35-19-32(47(55)72)22-42(78-16-12-31-25-64(26-31)43(70)11-15-63(5)44(71)23-34(27-69)79-28-37(54)52(75)76)45(35)65(50(36)59-49)13-9-10-14-66-46-38(20-33(48(56)73)21-41(46)77-6)58-53(66)60-51(74)40-18-30(4)62-68(40)8-2/h9-10,17-22,24,27,31,34,37H,7-8,11-16,23,25-26,28,54H2,1-6H3,(H2,55,72)(H2,56,73)(H,75,76)(H,58,60,74)/b10-9+. The minimum absolute atomic E-state index is 0.0287. The van der Waals surface area contributed by atoms with Gasteiger partial charge in [0, 0.05) is 99.6 Å². The normalized spacial score (nSPS) is 13.5. The number of nitrogens with zero attached hydrogens (tertiary/aromatic N) is 11. The number of aliphatic carboxylic acids is 1. The van der Waals surface area contributed by atoms with E-state index in [4.69, 9.17) is 46.7 Å². The monoisotopic (exact) mass is 1100 g/mol. The number of hydrogen-bond donors (Lipinski definition) is 5. The van der Waals surface area contributed by atoms with Crippen molar-refractivity contribution in [2.24, 2.45) is 23.1 Å². The molecular weight excluding hydrogens is 1040 g/mol. The van der Waals surface area contributed by atoms with Crippen molar-refractivity contribution in [3.05, 3.63) is 83.0 Å². The highest BCUT2D eigenvalue weighted by Gasteiger charge is 2.31. The number of aromatic nitrogens is 9. The lowest BCUT2D eigenvalue weighted by Gasteiger charge is -2.39. The maximum absolute atomic E-state index is 13.8. The number of rotatable bonds is 26. The molecule has 6 heterocycles. The van der Waals surface area contributed by atoms with Gasteiger partial charge < -0.3 is 55.5 Å². The van der Waals surface area contributed by atoms with Crippen LogP contribution in [0.4, 0.5) is 5.95 Å². The number of amides is 5. The van der Waals surface area contributed by atoms with E-state index >= 15 is 0 Å². The number of hydrogen-bond acceptors (Lipinski definition) is 16. The van der Waals surface area contributed by atoms with Gasteiger partial charge in [-0.25, -0.2) is 15.0 Å². The Hall–Kier alpha value is -8.65. The first-order valence-electron chi connectivity index (χ1n) is 25.6. The number of ether oxygens (including phenoxy) is 2. The second-order valence-corrected chi connectivity index (χ2v) is 20.4. The van der Waals surface area contributed by atoms with E-state index < -0.39 is 35.0 Å². The lowest BCUT2D eigenvalue weighted by Crippen LogP contribution is -2.51. The average Bonchev–Trinajstić information content (AvgIpc) is 4.18. The Morgan fingerprint density at radius 3 is 2.23 bits per heavy atom. The van der Waals surface area contributed by atoms with Crippen LogP contribution in [0.3, 0.4) is 0 Å². The number of aryl methyl sites for hydroxylation is 4. The third-order valence-electron chi connectivity index (χ3n) is 13.6. The Morgan fingerprint density at radius 1 is 0.886 bits per heavy atom. The third-order valence-corrected chi connectivity index (χ3v) is 14.9. The van der Waals surface area contributed by atoms with E-state index in [-0.39, 0.29) is 79.6 Å². The van der Waals surface area contributed by atoms with E-state index in [0.29, 0.717) is 106 Å². The number of carboxylic acid groups (broad SMARTS) is 1. The molecule has 8 N–H and O–H groups in total. The summed E-state index contributed by atoms with van der Waals surface area (Å²) >= 11 is 0.997. The zero-order chi connectivity index (χ0) is 56.8. The molecule has 2 atom stereocenters. The number of nitrogens with two attached hydrogens (primary N) is 3. The summed E-state index contributed by atoms with van der Waals surface area (Å²) in [4.78, 5) is 105. The number of allylic oxidation sites excluding steroid dienone is 2. The summed E-state index contributed by atoms with van der Waals surface area (Å²) in [5, 5.41) is 21.5. The summed E-state index contributed by atoms with van der Waals surface area (Å²) in [5.74, 6) is -2.13. The number of likely N-dealkylation sites (tertiary alicyclic amines) is 1. The molecule has 8 rings (SSSR count). The first-order valence-corrected chi connectivity index (χ1v) is 26.6. The number of carboxylic acids is 1. The lowest BCUT2D eigenvalue weighted by atomic mass is 9.96. The summed E-state index contributed by atoms with van der Waals surface area (Å²) in [6, 6.07) is 8.79. The van der Waals surface area contributed by atoms with Gasteiger partial charge in [0.15, 0.2) is 5.82 Å². The van der Waals surface area contributed by atoms with Gasteiger partial charge in [-0.1, -0.05) is 12.2 Å². The molecule has 5 amide bonds. The van der Waals surface area contributed by atoms with Gasteiger partial charge in [-0.2, -0.15) is 10.2 Å². The second kappa shape index (κ2) is 24.3. The van der Waals surface area contributed by atoms with Crippen molar-refractivity contribution >= 4 is 92.5 Å². The van der Waals surface area contributed by atoms with Crippen LogP contribution in [-0.4, -0.2) is 158 Å². The van der Waals surface area contributed by atoms with Gasteiger partial charge in [0.1, 0.15) is 46.4 Å². The fourth-order valence-corrected chi connectivity index (χ4v) is 10.3. The number of carbonyl (C=O) groups excluding carboxylic acids is 6. The molecule has 0 radical (unpaired) electrons. The van der Waals surface area contributed by atoms with Gasteiger partial charge in [0.05, 0.1) is 41.4 Å². The van der Waals surface area contributed by atoms with Crippen LogP contribution >= 0.6 is 11.8 Å². The zero-order valence-corrected chi connectivity index (χ0v) is 45.5. The van der Waals surface area contributed by atoms with E-state index in [0.717, 1.165) is 17.5 Å². The first-order chi connectivity index (χ1) is 37.8. The molecule has 0 aliphatic carbocycles. The Bertz CT molecular complexity index is 3540. The van der Waals surface area contributed by atoms with Crippen LogP contribution in [0.15, 0.2) is 54.7 Å². The minimum atomic E-state index is -1.20. The topological polar surface area (TPSA) is 339 Å². The van der Waals surface area contributed by atoms with Gasteiger partial charge in [-0.3, -0.25) is 43.4 Å². The number of nitrogens with one attached hydrogen (secondary N) is 1. The Kier molecular flexibility index (Phi) is 17.4. The predicted molar refractivity (Wildman–Crippen MR) is 295 cm³/mol. The third kappa shape index (κ3) is 12.4. The molecule has 0 spiro atoms. The number of methoxy groups -OCH3 is 1. The summed E-state index contributed by atoms with van der Waals surface area (Å²) in [5.41, 5.74) is 22.0. The molecule has 7 aromatic rings. The van der Waals surface area contributed by atoms with Gasteiger partial charge in [-0.15, -0.1) is 11.8 Å². The number of thioether (sulfide) groups is 1. The smallest absolute Gasteiger partial charge is 0.321 e. The number of aldehydes is 1. The number of primary amides is 2. The van der Waals surface area contributed by atoms with E-state index in [9.17, 15) is 33.6 Å². The molecular formula is C53H63N15O10S. The van der Waals surface area contributed by atoms with Gasteiger partial charge in [0.25, 0.3) is 5.91 Å². The maximum Gasteiger partial charge on any atom is 0.321 e. The van der Waals surface area contributed by atoms with Crippen LogP contribution in [0.1, 0.15) is 75.7 Å². The number of fused-ring (bicyclic) bond motifs is 4. The van der Waals surface area contributed by atoms with Crippen molar-refractivity contribution in [3.63, 3.8) is 0 Å². The molecule has 0 bridgehead atoms. The molecule has 1 aliphatic heterocycles. The number of benzene rings is 2. The number of imidazole rings is 1. The summed E-state index contributed by atoms with van der Waals surface area (Å²) < 4.78 is 19.5. The minimum Gasteiger partial charge on any atom is -0.494 e. The van der Waals surface area contributed by atoms with E-state index in [1.54, 1.807) is 52.5 Å². The maximum atomic E-state index is 13.8. The fraction of sp³-hybridized carbons (Fsp3) is 0.396. The van der Waals surface area contributed by atoms with E-state index in [1.807, 2.05) is 48.2 Å². The van der Waals surface area contributed by atoms with E-state index in [1.165, 1.54) is 24.1 Å². The molecule has 2 aromatic carbocycles. The summed E-state index contributed by atoms with van der Waals surface area (Å²) in [6.07, 6.45) is 6.59. The SMILES string of the molecule is CCn1nc(C)cc1C(=O)Nc1nc2cc(C(N)=O)cc(OC)c2n1C/C=C/Cn1c2nc(-c3cc(C)nn3CC)ncc2c2cc(C(N)=O)cc(OCCC3CN(C(=O)CCN(C)C(=O)CC(C=O)SCC(N)C(=O)O)C3)c21. The van der Waals surface area contributed by atoms with Gasteiger partial charge >= 0.3 is 5.97 Å². The predicted octanol–water partition coefficient (Wildman–Crippen LogP) is 3.54. The average molecular weight is 1100 g/mol. The largest absolute Gasteiger partial charge is 0.494 e. The molecule has 416 valence electrons. The molecule has 79 heavy (non-hydrogen) atoms. The van der Waals surface area contributed by atoms with E-state index in [2.05, 4.69) is 15.5 Å². The molecule has 2 unspecified atom stereocenters. The highest BCUT2D eigenvalue weighted by molar-refractivity contribution is 8.00. The van der Waals surface area contributed by atoms with Gasteiger partial charge in [0.2, 0.25) is 29.6 Å². The van der Waals surface area contributed by atoms with Crippen molar-refractivity contribution in [1.29, 1.82) is 0 Å². The van der Waals surface area contributed by atoms with Crippen LogP contribution in [-0.2, 0) is 45.4 Å². The molecule has 1 fully saturated rings. The van der Waals surface area contributed by atoms with Crippen LogP contribution in [0.5, 0.6) is 11.5 Å².